The van der Waals surface area contributed by atoms with Crippen LogP contribution in [0.3, 0.4) is 0 Å². The van der Waals surface area contributed by atoms with Crippen molar-refractivity contribution >= 4 is 23.5 Å². The molecule has 0 aliphatic heterocycles. The lowest BCUT2D eigenvalue weighted by Crippen LogP contribution is -2.64. The normalized spacial score (nSPS) is 49.9. The molecule has 3 aliphatic carbocycles. The van der Waals surface area contributed by atoms with Crippen LogP contribution in [-0.4, -0.2) is 22.5 Å². The maximum absolute atomic E-state index is 2.50. The van der Waals surface area contributed by atoms with Crippen molar-refractivity contribution in [3.05, 3.63) is 0 Å². The third kappa shape index (κ3) is 1.22. The average Bonchev–Trinajstić information content (AvgIpc) is 2.17. The number of rotatable bonds is 2. The first-order chi connectivity index (χ1) is 6.46. The molecule has 2 heteroatoms. The molecule has 0 amide bonds. The molecule has 0 radical (unpaired) electrons. The summed E-state index contributed by atoms with van der Waals surface area (Å²) in [6, 6.07) is 0. The Bertz CT molecular complexity index is 236. The fraction of sp³-hybridized carbons (Fsp3) is 1.00. The predicted molar refractivity (Wildman–Crippen MR) is 69.2 cm³/mol. The van der Waals surface area contributed by atoms with Gasteiger partial charge in [-0.05, 0) is 49.5 Å². The number of fused-ring (bicyclic) bond motifs is 2. The fourth-order valence-electron chi connectivity index (χ4n) is 3.71. The summed E-state index contributed by atoms with van der Waals surface area (Å²) in [5, 5.41) is 0.884. The van der Waals surface area contributed by atoms with Gasteiger partial charge < -0.3 is 0 Å². The molecule has 4 atom stereocenters. The average molecular weight is 230 g/mol. The van der Waals surface area contributed by atoms with Crippen LogP contribution in [0.4, 0.5) is 0 Å². The second-order valence-corrected chi connectivity index (χ2v) is 7.98. The molecular formula is C12H22S2. The summed E-state index contributed by atoms with van der Waals surface area (Å²) in [5.74, 6) is 1.95. The van der Waals surface area contributed by atoms with Crippen LogP contribution in [0, 0.1) is 17.3 Å². The first-order valence-corrected chi connectivity index (χ1v) is 8.06. The Morgan fingerprint density at radius 3 is 2.14 bits per heavy atom. The Hall–Kier alpha value is 0.700. The van der Waals surface area contributed by atoms with E-state index >= 15 is 0 Å². The molecule has 3 aliphatic rings. The molecule has 3 fully saturated rings. The van der Waals surface area contributed by atoms with Crippen molar-refractivity contribution in [1.82, 2.24) is 0 Å². The second kappa shape index (κ2) is 3.35. The van der Waals surface area contributed by atoms with E-state index in [9.17, 15) is 0 Å². The zero-order chi connectivity index (χ0) is 10.6. The summed E-state index contributed by atoms with van der Waals surface area (Å²) >= 11 is 4.20. The van der Waals surface area contributed by atoms with Gasteiger partial charge in [0.25, 0.3) is 0 Å². The van der Waals surface area contributed by atoms with Gasteiger partial charge in [0, 0.05) is 10.00 Å². The van der Waals surface area contributed by atoms with Crippen LogP contribution in [0.1, 0.15) is 33.6 Å². The van der Waals surface area contributed by atoms with E-state index in [0.29, 0.717) is 10.2 Å². The zero-order valence-corrected chi connectivity index (χ0v) is 11.6. The molecule has 0 aromatic rings. The van der Waals surface area contributed by atoms with Gasteiger partial charge in [0.15, 0.2) is 0 Å². The summed E-state index contributed by atoms with van der Waals surface area (Å²) in [5.41, 5.74) is 0.615. The van der Waals surface area contributed by atoms with Crippen LogP contribution >= 0.6 is 23.5 Å². The minimum Gasteiger partial charge on any atom is -0.161 e. The van der Waals surface area contributed by atoms with Gasteiger partial charge in [-0.25, -0.2) is 0 Å². The molecule has 0 saturated heterocycles. The van der Waals surface area contributed by atoms with E-state index in [4.69, 9.17) is 0 Å². The Balaban J connectivity index is 2.26. The van der Waals surface area contributed by atoms with E-state index in [0.717, 1.165) is 17.1 Å². The van der Waals surface area contributed by atoms with E-state index in [1.807, 2.05) is 0 Å². The van der Waals surface area contributed by atoms with Gasteiger partial charge in [0.2, 0.25) is 0 Å². The molecule has 0 aromatic carbocycles. The molecule has 0 aromatic heterocycles. The molecule has 0 heterocycles. The number of hydrogen-bond donors (Lipinski definition) is 0. The minimum atomic E-state index is 0.525. The molecular weight excluding hydrogens is 208 g/mol. The van der Waals surface area contributed by atoms with Crippen molar-refractivity contribution in [2.75, 3.05) is 12.5 Å². The fourth-order valence-corrected chi connectivity index (χ4v) is 6.39. The van der Waals surface area contributed by atoms with Crippen LogP contribution in [-0.2, 0) is 0 Å². The van der Waals surface area contributed by atoms with Gasteiger partial charge >= 0.3 is 0 Å². The first-order valence-electron chi connectivity index (χ1n) is 5.54. The molecule has 2 bridgehead atoms. The van der Waals surface area contributed by atoms with Crippen molar-refractivity contribution in [2.24, 2.45) is 17.3 Å². The topological polar surface area (TPSA) is 0 Å². The summed E-state index contributed by atoms with van der Waals surface area (Å²) in [7, 11) is 0. The van der Waals surface area contributed by atoms with Crippen molar-refractivity contribution in [3.63, 3.8) is 0 Å². The van der Waals surface area contributed by atoms with Gasteiger partial charge in [-0.1, -0.05) is 13.8 Å². The van der Waals surface area contributed by atoms with Crippen LogP contribution < -0.4 is 0 Å². The van der Waals surface area contributed by atoms with E-state index in [-0.39, 0.29) is 0 Å². The molecule has 0 nitrogen and oxygen atoms in total. The largest absolute Gasteiger partial charge is 0.161 e. The van der Waals surface area contributed by atoms with Crippen LogP contribution in [0.15, 0.2) is 0 Å². The van der Waals surface area contributed by atoms with Crippen molar-refractivity contribution in [1.29, 1.82) is 0 Å². The summed E-state index contributed by atoms with van der Waals surface area (Å²) in [6.07, 6.45) is 7.53. The number of hydrogen-bond acceptors (Lipinski definition) is 2. The molecule has 0 N–H and O–H groups in total. The molecule has 0 spiro atoms. The zero-order valence-electron chi connectivity index (χ0n) is 9.96. The van der Waals surface area contributed by atoms with E-state index in [1.54, 1.807) is 0 Å². The van der Waals surface area contributed by atoms with Crippen LogP contribution in [0.5, 0.6) is 0 Å². The van der Waals surface area contributed by atoms with Crippen molar-refractivity contribution < 1.29 is 0 Å². The highest BCUT2D eigenvalue weighted by Crippen LogP contribution is 2.67. The smallest absolute Gasteiger partial charge is 0.0281 e. The third-order valence-corrected chi connectivity index (χ3v) is 7.87. The highest BCUT2D eigenvalue weighted by molar-refractivity contribution is 8.03. The van der Waals surface area contributed by atoms with E-state index in [2.05, 4.69) is 56.8 Å². The predicted octanol–water partition coefficient (Wildman–Crippen LogP) is 3.91. The first kappa shape index (κ1) is 11.2. The molecule has 3 rings (SSSR count). The van der Waals surface area contributed by atoms with Crippen molar-refractivity contribution in [2.45, 2.75) is 43.6 Å². The van der Waals surface area contributed by atoms with Gasteiger partial charge in [0.05, 0.1) is 0 Å². The molecule has 2 unspecified atom stereocenters. The standard InChI is InChI=1S/C12H22S2/c1-11(2)8-6-9(11)12(3,14-5)10(7-8)13-4/h8-10H,6-7H2,1-5H3/t8?,9?,10-,12-/m1/s1. The number of thioether (sulfide) groups is 2. The molecule has 3 saturated carbocycles. The van der Waals surface area contributed by atoms with Crippen LogP contribution in [0.2, 0.25) is 0 Å². The highest BCUT2D eigenvalue weighted by atomic mass is 32.2. The van der Waals surface area contributed by atoms with Crippen molar-refractivity contribution in [3.8, 4) is 0 Å². The SMILES string of the molecule is CS[C@@H]1CC2CC(C2(C)C)[C@@]1(C)SC. The van der Waals surface area contributed by atoms with Gasteiger partial charge in [-0.15, -0.1) is 0 Å². The van der Waals surface area contributed by atoms with Gasteiger partial charge in [0.1, 0.15) is 0 Å². The molecule has 82 valence electrons. The van der Waals surface area contributed by atoms with E-state index in [1.165, 1.54) is 12.8 Å². The second-order valence-electron chi connectivity index (χ2n) is 5.65. The lowest BCUT2D eigenvalue weighted by Gasteiger charge is -2.66. The summed E-state index contributed by atoms with van der Waals surface area (Å²) < 4.78 is 0.525. The lowest BCUT2D eigenvalue weighted by atomic mass is 9.45. The Labute approximate surface area is 97.0 Å². The Morgan fingerprint density at radius 1 is 1.07 bits per heavy atom. The third-order valence-electron chi connectivity index (χ3n) is 5.02. The minimum absolute atomic E-state index is 0.525. The Morgan fingerprint density at radius 2 is 1.71 bits per heavy atom. The van der Waals surface area contributed by atoms with Gasteiger partial charge in [-0.2, -0.15) is 23.5 Å². The quantitative estimate of drug-likeness (QED) is 0.705. The lowest BCUT2D eigenvalue weighted by molar-refractivity contribution is -0.0814. The maximum Gasteiger partial charge on any atom is 0.0281 e. The van der Waals surface area contributed by atoms with Crippen LogP contribution in [0.25, 0.3) is 0 Å². The Kier molecular flexibility index (Phi) is 2.67. The molecule has 14 heavy (non-hydrogen) atoms. The van der Waals surface area contributed by atoms with E-state index < -0.39 is 0 Å². The monoisotopic (exact) mass is 230 g/mol. The van der Waals surface area contributed by atoms with Gasteiger partial charge in [-0.3, -0.25) is 0 Å². The maximum atomic E-state index is 2.50. The summed E-state index contributed by atoms with van der Waals surface area (Å²) in [4.78, 5) is 0. The highest BCUT2D eigenvalue weighted by Gasteiger charge is 2.62. The summed E-state index contributed by atoms with van der Waals surface area (Å²) in [6.45, 7) is 7.47.